The van der Waals surface area contributed by atoms with E-state index in [1.807, 2.05) is 6.08 Å². The Balaban J connectivity index is 2.34. The van der Waals surface area contributed by atoms with Crippen molar-refractivity contribution in [1.82, 2.24) is 0 Å². The topological polar surface area (TPSA) is 43.4 Å². The van der Waals surface area contributed by atoms with E-state index in [9.17, 15) is 9.59 Å². The number of rotatable bonds is 1. The van der Waals surface area contributed by atoms with Crippen LogP contribution in [0.2, 0.25) is 0 Å². The van der Waals surface area contributed by atoms with Gasteiger partial charge >= 0.3 is 5.97 Å². The van der Waals surface area contributed by atoms with Crippen LogP contribution in [0.15, 0.2) is 23.3 Å². The molecule has 1 saturated carbocycles. The largest absolute Gasteiger partial charge is 0.469 e. The van der Waals surface area contributed by atoms with Gasteiger partial charge in [-0.05, 0) is 23.8 Å². The van der Waals surface area contributed by atoms with Crippen molar-refractivity contribution in [3.05, 3.63) is 23.3 Å². The first kappa shape index (κ1) is 12.1. The van der Waals surface area contributed by atoms with E-state index in [-0.39, 0.29) is 23.1 Å². The molecule has 0 bridgehead atoms. The lowest BCUT2D eigenvalue weighted by atomic mass is 9.67. The van der Waals surface area contributed by atoms with Gasteiger partial charge in [0.15, 0.2) is 5.78 Å². The first-order valence-corrected chi connectivity index (χ1v) is 5.99. The molecule has 1 unspecified atom stereocenters. The Morgan fingerprint density at radius 2 is 2.18 bits per heavy atom. The van der Waals surface area contributed by atoms with E-state index in [1.54, 1.807) is 6.08 Å². The number of esters is 1. The maximum Gasteiger partial charge on any atom is 0.312 e. The van der Waals surface area contributed by atoms with Gasteiger partial charge in [-0.1, -0.05) is 26.0 Å². The van der Waals surface area contributed by atoms with Crippen molar-refractivity contribution in [3.8, 4) is 0 Å². The molecule has 0 spiro atoms. The van der Waals surface area contributed by atoms with Crippen LogP contribution in [0.3, 0.4) is 0 Å². The number of allylic oxidation sites excluding steroid dienone is 3. The highest BCUT2D eigenvalue weighted by Crippen LogP contribution is 2.44. The third-order valence-corrected chi connectivity index (χ3v) is 3.74. The second kappa shape index (κ2) is 4.13. The van der Waals surface area contributed by atoms with E-state index in [2.05, 4.69) is 13.8 Å². The monoisotopic (exact) mass is 234 g/mol. The highest BCUT2D eigenvalue weighted by molar-refractivity contribution is 6.02. The molecule has 92 valence electrons. The maximum atomic E-state index is 11.9. The molecular formula is C14H18O3. The highest BCUT2D eigenvalue weighted by atomic mass is 16.5. The molecule has 2 aliphatic carbocycles. The Bertz CT molecular complexity index is 427. The smallest absolute Gasteiger partial charge is 0.312 e. The molecule has 0 aromatic rings. The normalized spacial score (nSPS) is 26.8. The van der Waals surface area contributed by atoms with Crippen molar-refractivity contribution in [2.75, 3.05) is 7.11 Å². The second-order valence-electron chi connectivity index (χ2n) is 5.37. The fourth-order valence-corrected chi connectivity index (χ4v) is 2.61. The summed E-state index contributed by atoms with van der Waals surface area (Å²) in [4.78, 5) is 23.4. The molecule has 2 rings (SSSR count). The van der Waals surface area contributed by atoms with Gasteiger partial charge in [-0.25, -0.2) is 0 Å². The number of fused-ring (bicyclic) bond motifs is 1. The van der Waals surface area contributed by atoms with E-state index in [0.29, 0.717) is 12.8 Å². The molecule has 1 fully saturated rings. The number of ether oxygens (including phenoxy) is 1. The Labute approximate surface area is 102 Å². The summed E-state index contributed by atoms with van der Waals surface area (Å²) in [5.74, 6) is -0.398. The van der Waals surface area contributed by atoms with E-state index >= 15 is 0 Å². The third kappa shape index (κ3) is 2.06. The Morgan fingerprint density at radius 1 is 1.47 bits per heavy atom. The van der Waals surface area contributed by atoms with Crippen LogP contribution in [0.1, 0.15) is 33.1 Å². The molecule has 0 aromatic heterocycles. The summed E-state index contributed by atoms with van der Waals surface area (Å²) >= 11 is 0. The average molecular weight is 234 g/mol. The number of carbonyl (C=O) groups is 2. The minimum atomic E-state index is -0.295. The van der Waals surface area contributed by atoms with Crippen LogP contribution >= 0.6 is 0 Å². The molecule has 0 radical (unpaired) electrons. The molecule has 17 heavy (non-hydrogen) atoms. The SMILES string of the molecule is COC(=O)C1C=C2C(=O)CCC(C)(C)C2=CC1. The first-order chi connectivity index (χ1) is 7.95. The summed E-state index contributed by atoms with van der Waals surface area (Å²) in [5.41, 5.74) is 1.89. The fraction of sp³-hybridized carbons (Fsp3) is 0.571. The quantitative estimate of drug-likeness (QED) is 0.654. The van der Waals surface area contributed by atoms with Crippen LogP contribution in [0.25, 0.3) is 0 Å². The average Bonchev–Trinajstić information content (AvgIpc) is 2.33. The Hall–Kier alpha value is -1.38. The van der Waals surface area contributed by atoms with Crippen LogP contribution in [-0.2, 0) is 14.3 Å². The molecule has 2 aliphatic rings. The summed E-state index contributed by atoms with van der Waals surface area (Å²) in [7, 11) is 1.38. The van der Waals surface area contributed by atoms with Crippen LogP contribution in [0.5, 0.6) is 0 Å². The van der Waals surface area contributed by atoms with E-state index in [1.165, 1.54) is 7.11 Å². The molecule has 1 atom stereocenters. The molecule has 0 aromatic carbocycles. The Morgan fingerprint density at radius 3 is 2.82 bits per heavy atom. The van der Waals surface area contributed by atoms with Crippen molar-refractivity contribution in [1.29, 1.82) is 0 Å². The van der Waals surface area contributed by atoms with Gasteiger partial charge in [-0.2, -0.15) is 0 Å². The van der Waals surface area contributed by atoms with Crippen LogP contribution < -0.4 is 0 Å². The molecule has 0 aliphatic heterocycles. The number of ketones is 1. The number of Topliss-reactive ketones (excluding diaryl/α,β-unsaturated/α-hetero) is 1. The predicted molar refractivity (Wildman–Crippen MR) is 64.3 cm³/mol. The molecule has 3 heteroatoms. The van der Waals surface area contributed by atoms with E-state index in [0.717, 1.165) is 17.6 Å². The zero-order valence-corrected chi connectivity index (χ0v) is 10.6. The van der Waals surface area contributed by atoms with Crippen molar-refractivity contribution in [2.24, 2.45) is 11.3 Å². The minimum Gasteiger partial charge on any atom is -0.469 e. The highest BCUT2D eigenvalue weighted by Gasteiger charge is 2.37. The molecule has 0 N–H and O–H groups in total. The number of hydrogen-bond donors (Lipinski definition) is 0. The van der Waals surface area contributed by atoms with Crippen molar-refractivity contribution in [3.63, 3.8) is 0 Å². The lowest BCUT2D eigenvalue weighted by Gasteiger charge is -2.36. The number of hydrogen-bond acceptors (Lipinski definition) is 3. The van der Waals surface area contributed by atoms with Gasteiger partial charge in [0.1, 0.15) is 0 Å². The molecule has 3 nitrogen and oxygen atoms in total. The predicted octanol–water partition coefficient (Wildman–Crippen LogP) is 2.42. The van der Waals surface area contributed by atoms with Gasteiger partial charge in [0.2, 0.25) is 0 Å². The van der Waals surface area contributed by atoms with Crippen LogP contribution in [0, 0.1) is 11.3 Å². The molecular weight excluding hydrogens is 216 g/mol. The second-order valence-corrected chi connectivity index (χ2v) is 5.37. The van der Waals surface area contributed by atoms with Crippen molar-refractivity contribution in [2.45, 2.75) is 33.1 Å². The molecule has 0 saturated heterocycles. The summed E-state index contributed by atoms with van der Waals surface area (Å²) in [5, 5.41) is 0. The number of methoxy groups -OCH3 is 1. The third-order valence-electron chi connectivity index (χ3n) is 3.74. The van der Waals surface area contributed by atoms with Crippen LogP contribution in [-0.4, -0.2) is 18.9 Å². The summed E-state index contributed by atoms with van der Waals surface area (Å²) < 4.78 is 4.73. The van der Waals surface area contributed by atoms with Gasteiger partial charge in [0.25, 0.3) is 0 Å². The fourth-order valence-electron chi connectivity index (χ4n) is 2.61. The van der Waals surface area contributed by atoms with Gasteiger partial charge in [0.05, 0.1) is 13.0 Å². The lowest BCUT2D eigenvalue weighted by molar-refractivity contribution is -0.143. The van der Waals surface area contributed by atoms with Crippen molar-refractivity contribution < 1.29 is 14.3 Å². The van der Waals surface area contributed by atoms with E-state index < -0.39 is 0 Å². The van der Waals surface area contributed by atoms with Crippen molar-refractivity contribution >= 4 is 11.8 Å². The van der Waals surface area contributed by atoms with Gasteiger partial charge in [-0.3, -0.25) is 9.59 Å². The minimum absolute atomic E-state index is 0.0425. The summed E-state index contributed by atoms with van der Waals surface area (Å²) in [6.07, 6.45) is 5.93. The number of carbonyl (C=O) groups excluding carboxylic acids is 2. The van der Waals surface area contributed by atoms with Gasteiger partial charge in [0, 0.05) is 12.0 Å². The van der Waals surface area contributed by atoms with Crippen LogP contribution in [0.4, 0.5) is 0 Å². The summed E-state index contributed by atoms with van der Waals surface area (Å²) in [6.45, 7) is 4.30. The van der Waals surface area contributed by atoms with E-state index in [4.69, 9.17) is 4.74 Å². The molecule has 0 heterocycles. The summed E-state index contributed by atoms with van der Waals surface area (Å²) in [6, 6.07) is 0. The first-order valence-electron chi connectivity index (χ1n) is 5.99. The van der Waals surface area contributed by atoms with Gasteiger partial charge < -0.3 is 4.74 Å². The molecule has 0 amide bonds. The Kier molecular flexibility index (Phi) is 2.94. The zero-order chi connectivity index (χ0) is 12.6. The maximum absolute atomic E-state index is 11.9. The van der Waals surface area contributed by atoms with Gasteiger partial charge in [-0.15, -0.1) is 0 Å². The standard InChI is InChI=1S/C14H18O3/c1-14(2)7-6-12(15)10-8-9(13(16)17-3)4-5-11(10)14/h5,8-9H,4,6-7H2,1-3H3. The lowest BCUT2D eigenvalue weighted by Crippen LogP contribution is -2.30. The zero-order valence-electron chi connectivity index (χ0n) is 10.6.